The summed E-state index contributed by atoms with van der Waals surface area (Å²) in [4.78, 5) is 26.7. The molecule has 1 aliphatic heterocycles. The molecule has 19 heavy (non-hydrogen) atoms. The van der Waals surface area contributed by atoms with Crippen molar-refractivity contribution < 1.29 is 14.7 Å². The van der Waals surface area contributed by atoms with Crippen molar-refractivity contribution >= 4 is 11.9 Å². The summed E-state index contributed by atoms with van der Waals surface area (Å²) in [5.74, 6) is -0.448. The van der Waals surface area contributed by atoms with Gasteiger partial charge in [0.15, 0.2) is 0 Å². The SMILES string of the molecule is CN(C)C(=O)CCN1CCCC(C(C)(C)C(=O)O)C1. The Morgan fingerprint density at radius 3 is 2.53 bits per heavy atom. The highest BCUT2D eigenvalue weighted by Crippen LogP contribution is 2.34. The lowest BCUT2D eigenvalue weighted by Crippen LogP contribution is -2.45. The van der Waals surface area contributed by atoms with Gasteiger partial charge in [-0.05, 0) is 39.2 Å². The van der Waals surface area contributed by atoms with Crippen LogP contribution in [0.15, 0.2) is 0 Å². The highest BCUT2D eigenvalue weighted by molar-refractivity contribution is 5.75. The number of aliphatic carboxylic acids is 1. The van der Waals surface area contributed by atoms with Crippen LogP contribution >= 0.6 is 0 Å². The second kappa shape index (κ2) is 6.37. The first-order valence-electron chi connectivity index (χ1n) is 6.91. The zero-order chi connectivity index (χ0) is 14.6. The number of likely N-dealkylation sites (tertiary alicyclic amines) is 1. The molecule has 1 atom stereocenters. The lowest BCUT2D eigenvalue weighted by molar-refractivity contribution is -0.151. The Kier molecular flexibility index (Phi) is 5.35. The lowest BCUT2D eigenvalue weighted by Gasteiger charge is -2.39. The summed E-state index contributed by atoms with van der Waals surface area (Å²) < 4.78 is 0. The van der Waals surface area contributed by atoms with E-state index >= 15 is 0 Å². The molecule has 1 fully saturated rings. The highest BCUT2D eigenvalue weighted by Gasteiger charge is 2.38. The topological polar surface area (TPSA) is 60.9 Å². The Labute approximate surface area is 115 Å². The van der Waals surface area contributed by atoms with Crippen LogP contribution in [-0.4, -0.2) is 60.5 Å². The maximum atomic E-state index is 11.6. The molecule has 0 aromatic carbocycles. The van der Waals surface area contributed by atoms with Gasteiger partial charge in [-0.1, -0.05) is 0 Å². The maximum absolute atomic E-state index is 11.6. The van der Waals surface area contributed by atoms with E-state index in [-0.39, 0.29) is 11.8 Å². The van der Waals surface area contributed by atoms with Gasteiger partial charge < -0.3 is 14.9 Å². The summed E-state index contributed by atoms with van der Waals surface area (Å²) >= 11 is 0. The molecule has 1 rings (SSSR count). The number of carbonyl (C=O) groups is 2. The third kappa shape index (κ3) is 4.20. The second-order valence-electron chi connectivity index (χ2n) is 6.20. The summed E-state index contributed by atoms with van der Waals surface area (Å²) in [7, 11) is 3.52. The first-order chi connectivity index (χ1) is 8.75. The van der Waals surface area contributed by atoms with Crippen LogP contribution in [0.5, 0.6) is 0 Å². The van der Waals surface area contributed by atoms with Crippen molar-refractivity contribution in [2.45, 2.75) is 33.1 Å². The molecule has 1 heterocycles. The molecule has 0 aromatic heterocycles. The molecule has 1 amide bonds. The molecule has 0 radical (unpaired) electrons. The molecule has 110 valence electrons. The molecule has 1 saturated heterocycles. The fraction of sp³-hybridized carbons (Fsp3) is 0.857. The van der Waals surface area contributed by atoms with E-state index in [0.717, 1.165) is 32.5 Å². The highest BCUT2D eigenvalue weighted by atomic mass is 16.4. The van der Waals surface area contributed by atoms with Gasteiger partial charge in [-0.25, -0.2) is 0 Å². The number of nitrogens with zero attached hydrogens (tertiary/aromatic N) is 2. The van der Waals surface area contributed by atoms with Gasteiger partial charge in [0.1, 0.15) is 0 Å². The second-order valence-corrected chi connectivity index (χ2v) is 6.20. The number of carboxylic acids is 1. The minimum Gasteiger partial charge on any atom is -0.481 e. The predicted molar refractivity (Wildman–Crippen MR) is 73.9 cm³/mol. The first-order valence-corrected chi connectivity index (χ1v) is 6.91. The van der Waals surface area contributed by atoms with Crippen molar-refractivity contribution in [2.24, 2.45) is 11.3 Å². The zero-order valence-corrected chi connectivity index (χ0v) is 12.5. The van der Waals surface area contributed by atoms with Gasteiger partial charge in [0, 0.05) is 33.6 Å². The maximum Gasteiger partial charge on any atom is 0.309 e. The Hall–Kier alpha value is -1.10. The van der Waals surface area contributed by atoms with E-state index in [1.807, 2.05) is 0 Å². The quantitative estimate of drug-likeness (QED) is 0.817. The van der Waals surface area contributed by atoms with Gasteiger partial charge >= 0.3 is 5.97 Å². The average Bonchev–Trinajstić information content (AvgIpc) is 2.35. The fourth-order valence-electron chi connectivity index (χ4n) is 2.50. The van der Waals surface area contributed by atoms with Crippen LogP contribution in [0.1, 0.15) is 33.1 Å². The molecule has 1 N–H and O–H groups in total. The van der Waals surface area contributed by atoms with Gasteiger partial charge in [-0.15, -0.1) is 0 Å². The molecule has 1 aliphatic rings. The van der Waals surface area contributed by atoms with Crippen molar-refractivity contribution in [3.8, 4) is 0 Å². The molecule has 1 unspecified atom stereocenters. The molecule has 5 heteroatoms. The first kappa shape index (κ1) is 16.0. The largest absolute Gasteiger partial charge is 0.481 e. The van der Waals surface area contributed by atoms with E-state index in [2.05, 4.69) is 4.90 Å². The van der Waals surface area contributed by atoms with Crippen molar-refractivity contribution in [1.29, 1.82) is 0 Å². The molecule has 0 spiro atoms. The fourth-order valence-corrected chi connectivity index (χ4v) is 2.50. The Balaban J connectivity index is 2.51. The van der Waals surface area contributed by atoms with Gasteiger partial charge in [-0.2, -0.15) is 0 Å². The van der Waals surface area contributed by atoms with Gasteiger partial charge in [-0.3, -0.25) is 9.59 Å². The van der Waals surface area contributed by atoms with E-state index < -0.39 is 11.4 Å². The molecule has 0 aliphatic carbocycles. The summed E-state index contributed by atoms with van der Waals surface area (Å²) in [5.41, 5.74) is -0.690. The number of amides is 1. The predicted octanol–water partition coefficient (Wildman–Crippen LogP) is 1.29. The lowest BCUT2D eigenvalue weighted by atomic mass is 9.74. The van der Waals surface area contributed by atoms with E-state index in [1.165, 1.54) is 0 Å². The van der Waals surface area contributed by atoms with Gasteiger partial charge in [0.25, 0.3) is 0 Å². The number of carboxylic acid groups (broad SMARTS) is 1. The molecular formula is C14H26N2O3. The molecular weight excluding hydrogens is 244 g/mol. The molecule has 0 bridgehead atoms. The number of hydrogen-bond donors (Lipinski definition) is 1. The monoisotopic (exact) mass is 270 g/mol. The third-order valence-electron chi connectivity index (χ3n) is 4.22. The van der Waals surface area contributed by atoms with Crippen LogP contribution in [0.3, 0.4) is 0 Å². The minimum absolute atomic E-state index is 0.125. The van der Waals surface area contributed by atoms with Crippen LogP contribution in [0.4, 0.5) is 0 Å². The van der Waals surface area contributed by atoms with Crippen LogP contribution in [0, 0.1) is 11.3 Å². The minimum atomic E-state index is -0.733. The Morgan fingerprint density at radius 2 is 2.00 bits per heavy atom. The van der Waals surface area contributed by atoms with E-state index in [9.17, 15) is 14.7 Å². The zero-order valence-electron chi connectivity index (χ0n) is 12.5. The Bertz CT molecular complexity index is 340. The van der Waals surface area contributed by atoms with Crippen LogP contribution in [0.2, 0.25) is 0 Å². The van der Waals surface area contributed by atoms with E-state index in [0.29, 0.717) is 6.42 Å². The number of piperidine rings is 1. The van der Waals surface area contributed by atoms with Crippen LogP contribution in [0.25, 0.3) is 0 Å². The molecule has 0 saturated carbocycles. The summed E-state index contributed by atoms with van der Waals surface area (Å²) in [6.07, 6.45) is 2.47. The summed E-state index contributed by atoms with van der Waals surface area (Å²) in [6, 6.07) is 0. The standard InChI is InChI=1S/C14H26N2O3/c1-14(2,13(18)19)11-6-5-8-16(10-11)9-7-12(17)15(3)4/h11H,5-10H2,1-4H3,(H,18,19). The normalized spacial score (nSPS) is 21.2. The number of carbonyl (C=O) groups excluding carboxylic acids is 1. The van der Waals surface area contributed by atoms with Crippen molar-refractivity contribution in [3.05, 3.63) is 0 Å². The van der Waals surface area contributed by atoms with Crippen molar-refractivity contribution in [1.82, 2.24) is 9.80 Å². The van der Waals surface area contributed by atoms with Crippen LogP contribution < -0.4 is 0 Å². The smallest absolute Gasteiger partial charge is 0.309 e. The molecule has 0 aromatic rings. The van der Waals surface area contributed by atoms with Gasteiger partial charge in [0.2, 0.25) is 5.91 Å². The van der Waals surface area contributed by atoms with Crippen molar-refractivity contribution in [2.75, 3.05) is 33.7 Å². The number of rotatable bonds is 5. The van der Waals surface area contributed by atoms with Crippen LogP contribution in [-0.2, 0) is 9.59 Å². The van der Waals surface area contributed by atoms with Crippen molar-refractivity contribution in [3.63, 3.8) is 0 Å². The average molecular weight is 270 g/mol. The van der Waals surface area contributed by atoms with E-state index in [1.54, 1.807) is 32.8 Å². The van der Waals surface area contributed by atoms with E-state index in [4.69, 9.17) is 0 Å². The third-order valence-corrected chi connectivity index (χ3v) is 4.22. The summed E-state index contributed by atoms with van der Waals surface area (Å²) in [5, 5.41) is 9.29. The number of hydrogen-bond acceptors (Lipinski definition) is 3. The Morgan fingerprint density at radius 1 is 1.37 bits per heavy atom. The molecule has 5 nitrogen and oxygen atoms in total. The summed E-state index contributed by atoms with van der Waals surface area (Å²) in [6.45, 7) is 6.07. The van der Waals surface area contributed by atoms with Gasteiger partial charge in [0.05, 0.1) is 5.41 Å².